The molecule has 0 radical (unpaired) electrons. The molecule has 0 atom stereocenters. The molecule has 3 rings (SSSR count). The van der Waals surface area contributed by atoms with Crippen molar-refractivity contribution in [2.45, 2.75) is 11.4 Å². The van der Waals surface area contributed by atoms with Crippen LogP contribution in [0.2, 0.25) is 0 Å². The number of aromatic nitrogens is 1. The summed E-state index contributed by atoms with van der Waals surface area (Å²) in [6.07, 6.45) is 5.32. The summed E-state index contributed by atoms with van der Waals surface area (Å²) in [7, 11) is 0. The molecular weight excluding hydrogens is 308 g/mol. The zero-order valence-electron chi connectivity index (χ0n) is 12.7. The van der Waals surface area contributed by atoms with Crippen molar-refractivity contribution in [1.82, 2.24) is 10.3 Å². The monoisotopic (exact) mass is 324 g/mol. The molecule has 2 aromatic heterocycles. The zero-order valence-corrected chi connectivity index (χ0v) is 13.5. The van der Waals surface area contributed by atoms with Gasteiger partial charge in [-0.15, -0.1) is 11.8 Å². The molecule has 0 unspecified atom stereocenters. The van der Waals surface area contributed by atoms with Crippen LogP contribution in [-0.4, -0.2) is 17.1 Å². The quantitative estimate of drug-likeness (QED) is 0.721. The van der Waals surface area contributed by atoms with Crippen molar-refractivity contribution in [2.75, 3.05) is 6.26 Å². The third kappa shape index (κ3) is 3.81. The normalized spacial score (nSPS) is 10.5. The Kier molecular flexibility index (Phi) is 4.78. The Morgan fingerprint density at radius 3 is 2.91 bits per heavy atom. The fourth-order valence-electron chi connectivity index (χ4n) is 2.19. The fraction of sp³-hybridized carbons (Fsp3) is 0.111. The summed E-state index contributed by atoms with van der Waals surface area (Å²) in [6, 6.07) is 15.1. The lowest BCUT2D eigenvalue weighted by atomic mass is 10.2. The summed E-state index contributed by atoms with van der Waals surface area (Å²) < 4.78 is 5.34. The number of nitrogens with one attached hydrogen (secondary N) is 1. The summed E-state index contributed by atoms with van der Waals surface area (Å²) in [6.45, 7) is 0.443. The molecule has 1 N–H and O–H groups in total. The van der Waals surface area contributed by atoms with Crippen molar-refractivity contribution in [2.24, 2.45) is 0 Å². The Bertz CT molecular complexity index is 800. The third-order valence-corrected chi connectivity index (χ3v) is 4.11. The van der Waals surface area contributed by atoms with E-state index >= 15 is 0 Å². The van der Waals surface area contributed by atoms with Crippen LogP contribution in [0.25, 0.3) is 11.5 Å². The van der Waals surface area contributed by atoms with Crippen LogP contribution < -0.4 is 5.32 Å². The predicted octanol–water partition coefficient (Wildman–Crippen LogP) is 3.99. The molecule has 0 bridgehead atoms. The highest BCUT2D eigenvalue weighted by molar-refractivity contribution is 7.98. The molecule has 0 saturated heterocycles. The first-order chi connectivity index (χ1) is 11.3. The minimum Gasteiger partial charge on any atom is -0.463 e. The van der Waals surface area contributed by atoms with Crippen LogP contribution in [0.15, 0.2) is 70.3 Å². The van der Waals surface area contributed by atoms with E-state index in [9.17, 15) is 4.79 Å². The predicted molar refractivity (Wildman–Crippen MR) is 91.3 cm³/mol. The van der Waals surface area contributed by atoms with E-state index < -0.39 is 0 Å². The molecule has 0 aliphatic carbocycles. The number of amides is 1. The molecule has 0 saturated carbocycles. The Hall–Kier alpha value is -2.53. The molecule has 0 fully saturated rings. The average molecular weight is 324 g/mol. The lowest BCUT2D eigenvalue weighted by Gasteiger charge is -2.07. The van der Waals surface area contributed by atoms with Gasteiger partial charge in [-0.1, -0.05) is 6.07 Å². The molecule has 1 aromatic carbocycles. The summed E-state index contributed by atoms with van der Waals surface area (Å²) in [5.41, 5.74) is 2.39. The van der Waals surface area contributed by atoms with E-state index in [4.69, 9.17) is 4.42 Å². The number of nitrogens with zero attached hydrogens (tertiary/aromatic N) is 1. The van der Waals surface area contributed by atoms with Crippen LogP contribution in [-0.2, 0) is 6.54 Å². The molecule has 116 valence electrons. The number of hydrogen-bond acceptors (Lipinski definition) is 4. The van der Waals surface area contributed by atoms with E-state index in [1.54, 1.807) is 24.2 Å². The van der Waals surface area contributed by atoms with Crippen molar-refractivity contribution < 1.29 is 9.21 Å². The summed E-state index contributed by atoms with van der Waals surface area (Å²) in [5, 5.41) is 2.93. The fourth-order valence-corrected chi connectivity index (χ4v) is 2.65. The van der Waals surface area contributed by atoms with Crippen molar-refractivity contribution in [1.29, 1.82) is 0 Å². The van der Waals surface area contributed by atoms with Gasteiger partial charge in [-0.25, -0.2) is 0 Å². The van der Waals surface area contributed by atoms with Gasteiger partial charge in [-0.2, -0.15) is 0 Å². The number of benzene rings is 1. The third-order valence-electron chi connectivity index (χ3n) is 3.38. The summed E-state index contributed by atoms with van der Waals surface area (Å²) in [5.74, 6) is 0.628. The van der Waals surface area contributed by atoms with E-state index in [1.807, 2.05) is 54.8 Å². The van der Waals surface area contributed by atoms with E-state index in [1.165, 1.54) is 0 Å². The standard InChI is InChI=1S/C18H16N2O2S/c1-23-15-5-2-4-14(11-15)18(21)20-12-13-7-8-19-16(10-13)17-6-3-9-22-17/h2-11H,12H2,1H3,(H,20,21). The molecule has 3 aromatic rings. The Balaban J connectivity index is 1.68. The molecule has 0 aliphatic heterocycles. The number of rotatable bonds is 5. The number of pyridine rings is 1. The van der Waals surface area contributed by atoms with Gasteiger partial charge in [0.1, 0.15) is 5.69 Å². The SMILES string of the molecule is CSc1cccc(C(=O)NCc2ccnc(-c3ccco3)c2)c1. The van der Waals surface area contributed by atoms with Crippen molar-refractivity contribution >= 4 is 17.7 Å². The van der Waals surface area contributed by atoms with Gasteiger partial charge in [0.05, 0.1) is 6.26 Å². The molecule has 0 spiro atoms. The Morgan fingerprint density at radius 1 is 1.22 bits per heavy atom. The molecule has 4 nitrogen and oxygen atoms in total. The molecule has 23 heavy (non-hydrogen) atoms. The Morgan fingerprint density at radius 2 is 2.13 bits per heavy atom. The molecular formula is C18H16N2O2S. The second-order valence-corrected chi connectivity index (χ2v) is 5.82. The van der Waals surface area contributed by atoms with Gasteiger partial charge in [0.25, 0.3) is 5.91 Å². The molecule has 1 amide bonds. The number of carbonyl (C=O) groups excluding carboxylic acids is 1. The van der Waals surface area contributed by atoms with Gasteiger partial charge >= 0.3 is 0 Å². The van der Waals surface area contributed by atoms with E-state index in [2.05, 4.69) is 10.3 Å². The maximum Gasteiger partial charge on any atom is 0.251 e. The van der Waals surface area contributed by atoms with Gasteiger partial charge in [0.15, 0.2) is 5.76 Å². The molecule has 5 heteroatoms. The first-order valence-corrected chi connectivity index (χ1v) is 8.40. The number of hydrogen-bond donors (Lipinski definition) is 1. The van der Waals surface area contributed by atoms with Crippen LogP contribution >= 0.6 is 11.8 Å². The summed E-state index contributed by atoms with van der Waals surface area (Å²) >= 11 is 1.62. The minimum atomic E-state index is -0.0859. The zero-order chi connectivity index (χ0) is 16.1. The van der Waals surface area contributed by atoms with Gasteiger partial charge in [0, 0.05) is 23.2 Å². The topological polar surface area (TPSA) is 55.1 Å². The van der Waals surface area contributed by atoms with Gasteiger partial charge in [0.2, 0.25) is 0 Å². The lowest BCUT2D eigenvalue weighted by molar-refractivity contribution is 0.0950. The number of furan rings is 1. The van der Waals surface area contributed by atoms with Crippen LogP contribution in [0.4, 0.5) is 0 Å². The van der Waals surface area contributed by atoms with Crippen molar-refractivity contribution in [3.05, 3.63) is 72.1 Å². The van der Waals surface area contributed by atoms with E-state index in [0.717, 1.165) is 16.2 Å². The smallest absolute Gasteiger partial charge is 0.251 e. The average Bonchev–Trinajstić information content (AvgIpc) is 3.14. The van der Waals surface area contributed by atoms with Crippen LogP contribution in [0.5, 0.6) is 0 Å². The van der Waals surface area contributed by atoms with E-state index in [-0.39, 0.29) is 5.91 Å². The summed E-state index contributed by atoms with van der Waals surface area (Å²) in [4.78, 5) is 17.6. The highest BCUT2D eigenvalue weighted by Crippen LogP contribution is 2.18. The number of thioether (sulfide) groups is 1. The lowest BCUT2D eigenvalue weighted by Crippen LogP contribution is -2.22. The van der Waals surface area contributed by atoms with Crippen molar-refractivity contribution in [3.63, 3.8) is 0 Å². The first-order valence-electron chi connectivity index (χ1n) is 7.17. The highest BCUT2D eigenvalue weighted by Gasteiger charge is 2.07. The van der Waals surface area contributed by atoms with Crippen LogP contribution in [0.3, 0.4) is 0 Å². The van der Waals surface area contributed by atoms with Gasteiger partial charge in [-0.3, -0.25) is 9.78 Å². The van der Waals surface area contributed by atoms with Crippen LogP contribution in [0.1, 0.15) is 15.9 Å². The molecule has 2 heterocycles. The second-order valence-electron chi connectivity index (χ2n) is 4.94. The maximum absolute atomic E-state index is 12.2. The van der Waals surface area contributed by atoms with Gasteiger partial charge < -0.3 is 9.73 Å². The molecule has 0 aliphatic rings. The maximum atomic E-state index is 12.2. The van der Waals surface area contributed by atoms with E-state index in [0.29, 0.717) is 17.9 Å². The first kappa shape index (κ1) is 15.4. The highest BCUT2D eigenvalue weighted by atomic mass is 32.2. The second kappa shape index (κ2) is 7.15. The van der Waals surface area contributed by atoms with Gasteiger partial charge in [-0.05, 0) is 54.3 Å². The largest absolute Gasteiger partial charge is 0.463 e. The number of carbonyl (C=O) groups is 1. The Labute approximate surface area is 138 Å². The van der Waals surface area contributed by atoms with Crippen molar-refractivity contribution in [3.8, 4) is 11.5 Å². The minimum absolute atomic E-state index is 0.0859. The van der Waals surface area contributed by atoms with Crippen LogP contribution in [0, 0.1) is 0 Å².